The zero-order chi connectivity index (χ0) is 14.3. The molecule has 6 nitrogen and oxygen atoms in total. The molecule has 1 atom stereocenters. The van der Waals surface area contributed by atoms with E-state index in [1.165, 1.54) is 6.33 Å². The summed E-state index contributed by atoms with van der Waals surface area (Å²) in [6.45, 7) is 7.20. The van der Waals surface area contributed by atoms with Crippen LogP contribution < -0.4 is 16.0 Å². The molecule has 1 rings (SSSR count). The normalized spacial score (nSPS) is 11.8. The van der Waals surface area contributed by atoms with Gasteiger partial charge in [-0.1, -0.05) is 6.92 Å². The molecule has 0 aliphatic heterocycles. The van der Waals surface area contributed by atoms with Gasteiger partial charge in [0.05, 0.1) is 0 Å². The predicted octanol–water partition coefficient (Wildman–Crippen LogP) is 2.00. The van der Waals surface area contributed by atoms with Crippen molar-refractivity contribution in [3.8, 4) is 0 Å². The van der Waals surface area contributed by atoms with Gasteiger partial charge in [0.25, 0.3) is 0 Å². The molecular weight excluding hydrogens is 310 g/mol. The Morgan fingerprint density at radius 1 is 1.37 bits per heavy atom. The third kappa shape index (κ3) is 4.66. The van der Waals surface area contributed by atoms with E-state index in [9.17, 15) is 4.79 Å². The summed E-state index contributed by atoms with van der Waals surface area (Å²) in [5, 5.41) is 9.01. The van der Waals surface area contributed by atoms with Crippen molar-refractivity contribution in [2.75, 3.05) is 23.7 Å². The van der Waals surface area contributed by atoms with Gasteiger partial charge in [0, 0.05) is 13.1 Å². The summed E-state index contributed by atoms with van der Waals surface area (Å²) in [5.74, 6) is 1.27. The van der Waals surface area contributed by atoms with Gasteiger partial charge in [-0.3, -0.25) is 4.79 Å². The summed E-state index contributed by atoms with van der Waals surface area (Å²) in [6, 6.07) is -0.356. The number of halogens is 1. The molecule has 0 fully saturated rings. The minimum Gasteiger partial charge on any atom is -0.369 e. The van der Waals surface area contributed by atoms with Crippen LogP contribution in [-0.2, 0) is 4.79 Å². The highest BCUT2D eigenvalue weighted by Crippen LogP contribution is 2.26. The standard InChI is InChI=1S/C12H20BrN5O/c1-4-6-15-10-9(13)11(17-7-16-10)18-8(3)12(19)14-5-2/h7-8H,4-6H2,1-3H3,(H,14,19)(H2,15,16,17,18). The lowest BCUT2D eigenvalue weighted by atomic mass is 10.3. The maximum Gasteiger partial charge on any atom is 0.242 e. The van der Waals surface area contributed by atoms with Crippen LogP contribution in [0.25, 0.3) is 0 Å². The van der Waals surface area contributed by atoms with Gasteiger partial charge < -0.3 is 16.0 Å². The van der Waals surface area contributed by atoms with E-state index in [1.54, 1.807) is 6.92 Å². The van der Waals surface area contributed by atoms with E-state index >= 15 is 0 Å². The highest BCUT2D eigenvalue weighted by Gasteiger charge is 2.15. The molecule has 1 unspecified atom stereocenters. The lowest BCUT2D eigenvalue weighted by molar-refractivity contribution is -0.121. The maximum atomic E-state index is 11.7. The van der Waals surface area contributed by atoms with Gasteiger partial charge in [-0.05, 0) is 36.2 Å². The van der Waals surface area contributed by atoms with Crippen LogP contribution in [0.2, 0.25) is 0 Å². The van der Waals surface area contributed by atoms with Gasteiger partial charge >= 0.3 is 0 Å². The van der Waals surface area contributed by atoms with Crippen molar-refractivity contribution in [3.05, 3.63) is 10.8 Å². The molecular formula is C12H20BrN5O. The zero-order valence-electron chi connectivity index (χ0n) is 11.5. The van der Waals surface area contributed by atoms with Crippen LogP contribution in [-0.4, -0.2) is 35.0 Å². The monoisotopic (exact) mass is 329 g/mol. The second-order valence-corrected chi connectivity index (χ2v) is 4.87. The van der Waals surface area contributed by atoms with E-state index in [1.807, 2.05) is 6.92 Å². The smallest absolute Gasteiger partial charge is 0.242 e. The SMILES string of the molecule is CCCNc1ncnc(NC(C)C(=O)NCC)c1Br. The van der Waals surface area contributed by atoms with Crippen LogP contribution >= 0.6 is 15.9 Å². The predicted molar refractivity (Wildman–Crippen MR) is 80.3 cm³/mol. The summed E-state index contributed by atoms with van der Waals surface area (Å²) in [4.78, 5) is 20.0. The lowest BCUT2D eigenvalue weighted by Crippen LogP contribution is -2.37. The minimum absolute atomic E-state index is 0.0592. The molecule has 106 valence electrons. The van der Waals surface area contributed by atoms with Crippen LogP contribution in [0.1, 0.15) is 27.2 Å². The molecule has 0 aliphatic rings. The highest BCUT2D eigenvalue weighted by molar-refractivity contribution is 9.10. The lowest BCUT2D eigenvalue weighted by Gasteiger charge is -2.16. The Morgan fingerprint density at radius 2 is 2.05 bits per heavy atom. The number of amides is 1. The first-order chi connectivity index (χ1) is 9.10. The number of hydrogen-bond donors (Lipinski definition) is 3. The Labute approximate surface area is 121 Å². The fourth-order valence-corrected chi connectivity index (χ4v) is 1.89. The number of hydrogen-bond acceptors (Lipinski definition) is 5. The Balaban J connectivity index is 2.75. The number of rotatable bonds is 7. The summed E-state index contributed by atoms with van der Waals surface area (Å²) >= 11 is 3.45. The van der Waals surface area contributed by atoms with Gasteiger partial charge in [0.1, 0.15) is 28.5 Å². The van der Waals surface area contributed by atoms with Gasteiger partial charge in [-0.25, -0.2) is 9.97 Å². The first-order valence-corrected chi connectivity index (χ1v) is 7.18. The van der Waals surface area contributed by atoms with Crippen LogP contribution in [0.5, 0.6) is 0 Å². The van der Waals surface area contributed by atoms with E-state index in [-0.39, 0.29) is 11.9 Å². The van der Waals surface area contributed by atoms with Crippen LogP contribution in [0.4, 0.5) is 11.6 Å². The van der Waals surface area contributed by atoms with Crippen molar-refractivity contribution in [1.29, 1.82) is 0 Å². The average molecular weight is 330 g/mol. The first-order valence-electron chi connectivity index (χ1n) is 6.38. The number of nitrogens with one attached hydrogen (secondary N) is 3. The minimum atomic E-state index is -0.356. The van der Waals surface area contributed by atoms with Crippen LogP contribution in [0.3, 0.4) is 0 Å². The number of aromatic nitrogens is 2. The zero-order valence-corrected chi connectivity index (χ0v) is 13.0. The molecule has 0 aliphatic carbocycles. The molecule has 19 heavy (non-hydrogen) atoms. The van der Waals surface area contributed by atoms with Gasteiger partial charge in [0.15, 0.2) is 0 Å². The number of likely N-dealkylation sites (N-methyl/N-ethyl adjacent to an activating group) is 1. The molecule has 0 bridgehead atoms. The summed E-state index contributed by atoms with van der Waals surface area (Å²) in [6.07, 6.45) is 2.48. The van der Waals surface area contributed by atoms with Crippen molar-refractivity contribution in [2.45, 2.75) is 33.2 Å². The molecule has 1 amide bonds. The molecule has 3 N–H and O–H groups in total. The Morgan fingerprint density at radius 3 is 2.68 bits per heavy atom. The third-order valence-electron chi connectivity index (χ3n) is 2.43. The molecule has 0 spiro atoms. The van der Waals surface area contributed by atoms with Crippen LogP contribution in [0.15, 0.2) is 10.8 Å². The second-order valence-electron chi connectivity index (χ2n) is 4.07. The number of nitrogens with zero attached hydrogens (tertiary/aromatic N) is 2. The molecule has 0 saturated carbocycles. The topological polar surface area (TPSA) is 78.9 Å². The summed E-state index contributed by atoms with van der Waals surface area (Å²) in [5.41, 5.74) is 0. The molecule has 1 aromatic rings. The fourth-order valence-electron chi connectivity index (χ4n) is 1.44. The Hall–Kier alpha value is -1.37. The van der Waals surface area contributed by atoms with E-state index in [4.69, 9.17) is 0 Å². The average Bonchev–Trinajstić information content (AvgIpc) is 2.40. The maximum absolute atomic E-state index is 11.7. The van der Waals surface area contributed by atoms with Gasteiger partial charge in [0.2, 0.25) is 5.91 Å². The first kappa shape index (κ1) is 15.7. The number of carbonyl (C=O) groups excluding carboxylic acids is 1. The van der Waals surface area contributed by atoms with Gasteiger partial charge in [-0.2, -0.15) is 0 Å². The van der Waals surface area contributed by atoms with E-state index in [0.717, 1.165) is 23.3 Å². The third-order valence-corrected chi connectivity index (χ3v) is 3.18. The molecule has 1 aromatic heterocycles. The summed E-state index contributed by atoms with van der Waals surface area (Å²) in [7, 11) is 0. The molecule has 7 heteroatoms. The van der Waals surface area contributed by atoms with Crippen molar-refractivity contribution in [2.24, 2.45) is 0 Å². The highest BCUT2D eigenvalue weighted by atomic mass is 79.9. The summed E-state index contributed by atoms with van der Waals surface area (Å²) < 4.78 is 0.736. The van der Waals surface area contributed by atoms with Crippen molar-refractivity contribution in [1.82, 2.24) is 15.3 Å². The molecule has 0 radical (unpaired) electrons. The Kier molecular flexibility index (Phi) is 6.55. The largest absolute Gasteiger partial charge is 0.369 e. The number of anilines is 2. The quantitative estimate of drug-likeness (QED) is 0.713. The van der Waals surface area contributed by atoms with E-state index in [2.05, 4.69) is 48.8 Å². The van der Waals surface area contributed by atoms with Crippen molar-refractivity contribution >= 4 is 33.5 Å². The van der Waals surface area contributed by atoms with E-state index < -0.39 is 0 Å². The molecule has 0 aromatic carbocycles. The Bertz CT molecular complexity index is 427. The number of carbonyl (C=O) groups is 1. The second kappa shape index (κ2) is 7.93. The van der Waals surface area contributed by atoms with Crippen molar-refractivity contribution in [3.63, 3.8) is 0 Å². The van der Waals surface area contributed by atoms with Gasteiger partial charge in [-0.15, -0.1) is 0 Å². The fraction of sp³-hybridized carbons (Fsp3) is 0.583. The molecule has 1 heterocycles. The van der Waals surface area contributed by atoms with E-state index in [0.29, 0.717) is 12.4 Å². The van der Waals surface area contributed by atoms with Crippen LogP contribution in [0, 0.1) is 0 Å². The molecule has 0 saturated heterocycles. The van der Waals surface area contributed by atoms with Crippen molar-refractivity contribution < 1.29 is 4.79 Å².